The van der Waals surface area contributed by atoms with Crippen molar-refractivity contribution < 1.29 is 17.7 Å². The molecule has 156 valence electrons. The molecule has 9 heteroatoms. The molecule has 0 saturated carbocycles. The molecular weight excluding hydrogens is 413 g/mol. The van der Waals surface area contributed by atoms with Gasteiger partial charge in [0.1, 0.15) is 22.7 Å². The minimum Gasteiger partial charge on any atom is -0.362 e. The lowest BCUT2D eigenvalue weighted by Gasteiger charge is -2.18. The Kier molecular flexibility index (Phi) is 5.01. The minimum atomic E-state index is -4.37. The van der Waals surface area contributed by atoms with E-state index in [-0.39, 0.29) is 5.41 Å². The smallest absolute Gasteiger partial charge is 0.362 e. The fourth-order valence-electron chi connectivity index (χ4n) is 3.09. The third kappa shape index (κ3) is 4.02. The molecule has 4 aromatic rings. The van der Waals surface area contributed by atoms with E-state index in [0.29, 0.717) is 29.4 Å². The van der Waals surface area contributed by atoms with E-state index in [2.05, 4.69) is 46.6 Å². The van der Waals surface area contributed by atoms with E-state index in [4.69, 9.17) is 4.52 Å². The first-order valence-electron chi connectivity index (χ1n) is 9.23. The molecule has 0 radical (unpaired) electrons. The lowest BCUT2D eigenvalue weighted by atomic mass is 9.87. The van der Waals surface area contributed by atoms with Crippen molar-refractivity contribution in [2.24, 2.45) is 0 Å². The van der Waals surface area contributed by atoms with Gasteiger partial charge in [-0.15, -0.1) is 11.3 Å². The van der Waals surface area contributed by atoms with E-state index in [9.17, 15) is 13.2 Å². The molecule has 0 fully saturated rings. The Morgan fingerprint density at radius 3 is 2.47 bits per heavy atom. The van der Waals surface area contributed by atoms with Crippen molar-refractivity contribution in [2.75, 3.05) is 5.32 Å². The van der Waals surface area contributed by atoms with E-state index in [1.165, 1.54) is 18.5 Å². The summed E-state index contributed by atoms with van der Waals surface area (Å²) < 4.78 is 43.5. The van der Waals surface area contributed by atoms with Crippen molar-refractivity contribution in [1.82, 2.24) is 15.1 Å². The zero-order valence-corrected chi connectivity index (χ0v) is 17.4. The number of hydrogen-bond acceptors (Lipinski definition) is 6. The highest BCUT2D eigenvalue weighted by molar-refractivity contribution is 7.17. The molecule has 3 aromatic heterocycles. The van der Waals surface area contributed by atoms with Gasteiger partial charge in [-0.25, -0.2) is 9.97 Å². The third-order valence-corrected chi connectivity index (χ3v) is 5.56. The van der Waals surface area contributed by atoms with Gasteiger partial charge in [0.2, 0.25) is 0 Å². The van der Waals surface area contributed by atoms with Crippen LogP contribution in [-0.4, -0.2) is 15.1 Å². The minimum absolute atomic E-state index is 0.0542. The van der Waals surface area contributed by atoms with Gasteiger partial charge in [0, 0.05) is 11.6 Å². The molecule has 0 amide bonds. The maximum Gasteiger partial charge on any atom is 0.416 e. The predicted molar refractivity (Wildman–Crippen MR) is 110 cm³/mol. The predicted octanol–water partition coefficient (Wildman–Crippen LogP) is 6.27. The molecule has 0 unspecified atom stereocenters. The topological polar surface area (TPSA) is 63.8 Å². The molecule has 0 atom stereocenters. The number of rotatable bonds is 4. The van der Waals surface area contributed by atoms with Crippen LogP contribution in [0.25, 0.3) is 21.5 Å². The summed E-state index contributed by atoms with van der Waals surface area (Å²) in [7, 11) is 0. The van der Waals surface area contributed by atoms with Gasteiger partial charge in [0.05, 0.1) is 17.5 Å². The Morgan fingerprint density at radius 2 is 1.80 bits per heavy atom. The van der Waals surface area contributed by atoms with E-state index < -0.39 is 11.7 Å². The van der Waals surface area contributed by atoms with Crippen molar-refractivity contribution >= 4 is 27.4 Å². The van der Waals surface area contributed by atoms with Crippen molar-refractivity contribution in [3.05, 3.63) is 58.9 Å². The summed E-state index contributed by atoms with van der Waals surface area (Å²) in [5.41, 5.74) is 1.43. The zero-order chi connectivity index (χ0) is 21.5. The number of hydrogen-bond donors (Lipinski definition) is 1. The van der Waals surface area contributed by atoms with E-state index in [1.807, 2.05) is 0 Å². The van der Waals surface area contributed by atoms with Gasteiger partial charge >= 0.3 is 6.18 Å². The lowest BCUT2D eigenvalue weighted by molar-refractivity contribution is -0.137. The van der Waals surface area contributed by atoms with E-state index in [1.54, 1.807) is 17.4 Å². The number of fused-ring (bicyclic) bond motifs is 1. The SMILES string of the molecule is CC(C)(C)c1csc2ncnc(NCc3cc(-c4ccc(C(F)(F)F)cc4)no3)c12. The summed E-state index contributed by atoms with van der Waals surface area (Å²) in [6, 6.07) is 6.53. The van der Waals surface area contributed by atoms with Crippen molar-refractivity contribution in [1.29, 1.82) is 0 Å². The van der Waals surface area contributed by atoms with Crippen LogP contribution in [0.2, 0.25) is 0 Å². The van der Waals surface area contributed by atoms with Crippen LogP contribution in [0.4, 0.5) is 19.0 Å². The Balaban J connectivity index is 1.54. The number of alkyl halides is 3. The lowest BCUT2D eigenvalue weighted by Crippen LogP contribution is -2.11. The standard InChI is InChI=1S/C21H19F3N4OS/c1-20(2,3)15-10-30-19-17(15)18(26-11-27-19)25-9-14-8-16(28-29-14)12-4-6-13(7-5-12)21(22,23)24/h4-8,10-11H,9H2,1-3H3,(H,25,26,27). The highest BCUT2D eigenvalue weighted by Gasteiger charge is 2.30. The van der Waals surface area contributed by atoms with Crippen LogP contribution in [0.15, 0.2) is 46.6 Å². The number of thiophene rings is 1. The van der Waals surface area contributed by atoms with Crippen molar-refractivity contribution in [3.8, 4) is 11.3 Å². The largest absolute Gasteiger partial charge is 0.416 e. The summed E-state index contributed by atoms with van der Waals surface area (Å²) in [6.07, 6.45) is -2.85. The quantitative estimate of drug-likeness (QED) is 0.411. The number of halogens is 3. The summed E-state index contributed by atoms with van der Waals surface area (Å²) in [6.45, 7) is 6.74. The first-order chi connectivity index (χ1) is 14.1. The zero-order valence-electron chi connectivity index (χ0n) is 16.5. The molecule has 0 saturated heterocycles. The summed E-state index contributed by atoms with van der Waals surface area (Å²) in [4.78, 5) is 9.64. The van der Waals surface area contributed by atoms with Gasteiger partial charge in [0.15, 0.2) is 5.76 Å². The Morgan fingerprint density at radius 1 is 1.07 bits per heavy atom. The molecule has 0 bridgehead atoms. The fraction of sp³-hybridized carbons (Fsp3) is 0.286. The van der Waals surface area contributed by atoms with Gasteiger partial charge in [-0.3, -0.25) is 0 Å². The molecule has 30 heavy (non-hydrogen) atoms. The molecule has 5 nitrogen and oxygen atoms in total. The number of nitrogens with one attached hydrogen (secondary N) is 1. The Labute approximate surface area is 175 Å². The summed E-state index contributed by atoms with van der Waals surface area (Å²) in [5.74, 6) is 1.25. The van der Waals surface area contributed by atoms with Crippen molar-refractivity contribution in [3.63, 3.8) is 0 Å². The first kappa shape index (κ1) is 20.3. The van der Waals surface area contributed by atoms with E-state index >= 15 is 0 Å². The Hall–Kier alpha value is -2.94. The molecule has 0 aliphatic heterocycles. The Bertz CT molecular complexity index is 1170. The van der Waals surface area contributed by atoms with Crippen LogP contribution < -0.4 is 5.32 Å². The summed E-state index contributed by atoms with van der Waals surface area (Å²) in [5, 5.41) is 10.3. The average molecular weight is 432 g/mol. The second kappa shape index (κ2) is 7.39. The molecular formula is C21H19F3N4OS. The molecule has 1 N–H and O–H groups in total. The second-order valence-corrected chi connectivity index (χ2v) is 8.77. The summed E-state index contributed by atoms with van der Waals surface area (Å²) >= 11 is 1.57. The number of nitrogens with zero attached hydrogens (tertiary/aromatic N) is 3. The van der Waals surface area contributed by atoms with E-state index in [0.717, 1.165) is 27.9 Å². The highest BCUT2D eigenvalue weighted by atomic mass is 32.1. The monoisotopic (exact) mass is 432 g/mol. The third-order valence-electron chi connectivity index (χ3n) is 4.68. The van der Waals surface area contributed by atoms with Crippen LogP contribution in [0.5, 0.6) is 0 Å². The number of aromatic nitrogens is 3. The second-order valence-electron chi connectivity index (χ2n) is 7.91. The highest BCUT2D eigenvalue weighted by Crippen LogP contribution is 2.37. The van der Waals surface area contributed by atoms with Gasteiger partial charge < -0.3 is 9.84 Å². The normalized spacial score (nSPS) is 12.5. The van der Waals surface area contributed by atoms with Crippen LogP contribution in [0.3, 0.4) is 0 Å². The van der Waals surface area contributed by atoms with Gasteiger partial charge in [-0.2, -0.15) is 13.2 Å². The van der Waals surface area contributed by atoms with Gasteiger partial charge in [0.25, 0.3) is 0 Å². The van der Waals surface area contributed by atoms with Crippen LogP contribution in [0.1, 0.15) is 37.7 Å². The molecule has 1 aromatic carbocycles. The van der Waals surface area contributed by atoms with Crippen LogP contribution >= 0.6 is 11.3 Å². The fourth-order valence-corrected chi connectivity index (χ4v) is 4.23. The number of anilines is 1. The van der Waals surface area contributed by atoms with Crippen LogP contribution in [-0.2, 0) is 18.1 Å². The van der Waals surface area contributed by atoms with Gasteiger partial charge in [-0.05, 0) is 28.5 Å². The van der Waals surface area contributed by atoms with Crippen LogP contribution in [0, 0.1) is 0 Å². The maximum atomic E-state index is 12.7. The molecule has 0 aliphatic carbocycles. The molecule has 0 spiro atoms. The van der Waals surface area contributed by atoms with Crippen molar-refractivity contribution in [2.45, 2.75) is 38.9 Å². The van der Waals surface area contributed by atoms with Gasteiger partial charge in [-0.1, -0.05) is 38.1 Å². The maximum absolute atomic E-state index is 12.7. The molecule has 4 rings (SSSR count). The molecule has 3 heterocycles. The first-order valence-corrected chi connectivity index (χ1v) is 10.1. The number of benzene rings is 1. The average Bonchev–Trinajstić information content (AvgIpc) is 3.33. The molecule has 0 aliphatic rings.